The SMILES string of the molecule is O=C(NCc1ccccn1)c1ccc(CSc2nc3cccnc3n2Cc2ccc(F)cc2)cc1. The molecule has 1 N–H and O–H groups in total. The van der Waals surface area contributed by atoms with Crippen LogP contribution in [0.15, 0.2) is 96.4 Å². The van der Waals surface area contributed by atoms with E-state index in [1.165, 1.54) is 12.1 Å². The number of rotatable bonds is 8. The number of thioether (sulfide) groups is 1. The Morgan fingerprint density at radius 2 is 1.66 bits per heavy atom. The Hall–Kier alpha value is -4.04. The zero-order valence-electron chi connectivity index (χ0n) is 18.8. The van der Waals surface area contributed by atoms with Crippen molar-refractivity contribution >= 4 is 28.8 Å². The summed E-state index contributed by atoms with van der Waals surface area (Å²) in [5.74, 6) is 0.288. The average Bonchev–Trinajstić information content (AvgIpc) is 3.25. The first kappa shape index (κ1) is 22.7. The Morgan fingerprint density at radius 3 is 2.43 bits per heavy atom. The molecule has 1 amide bonds. The first-order valence-electron chi connectivity index (χ1n) is 11.1. The fourth-order valence-corrected chi connectivity index (χ4v) is 4.60. The Balaban J connectivity index is 1.27. The average molecular weight is 484 g/mol. The molecule has 8 heteroatoms. The molecule has 0 aliphatic carbocycles. The van der Waals surface area contributed by atoms with Gasteiger partial charge in [0.05, 0.1) is 18.8 Å². The van der Waals surface area contributed by atoms with Crippen LogP contribution in [-0.2, 0) is 18.8 Å². The molecule has 0 fully saturated rings. The normalized spacial score (nSPS) is 11.0. The van der Waals surface area contributed by atoms with Crippen LogP contribution in [0.1, 0.15) is 27.2 Å². The van der Waals surface area contributed by atoms with Crippen molar-refractivity contribution in [3.05, 3.63) is 119 Å². The van der Waals surface area contributed by atoms with Crippen molar-refractivity contribution in [1.82, 2.24) is 24.8 Å². The van der Waals surface area contributed by atoms with E-state index in [2.05, 4.69) is 15.3 Å². The number of hydrogen-bond acceptors (Lipinski definition) is 5. The minimum atomic E-state index is -0.258. The summed E-state index contributed by atoms with van der Waals surface area (Å²) in [6.45, 7) is 0.932. The second-order valence-electron chi connectivity index (χ2n) is 7.94. The van der Waals surface area contributed by atoms with Crippen LogP contribution in [0.4, 0.5) is 4.39 Å². The third-order valence-electron chi connectivity index (χ3n) is 5.46. The molecular formula is C27H22FN5OS. The highest BCUT2D eigenvalue weighted by atomic mass is 32.2. The molecule has 5 aromatic rings. The first-order chi connectivity index (χ1) is 17.2. The summed E-state index contributed by atoms with van der Waals surface area (Å²) in [6.07, 6.45) is 3.45. The van der Waals surface area contributed by atoms with Crippen LogP contribution in [0.2, 0.25) is 0 Å². The number of benzene rings is 2. The number of aromatic nitrogens is 4. The van der Waals surface area contributed by atoms with Crippen LogP contribution in [0.25, 0.3) is 11.2 Å². The second kappa shape index (κ2) is 10.5. The Labute approximate surface area is 206 Å². The molecule has 0 aliphatic heterocycles. The van der Waals surface area contributed by atoms with Crippen molar-refractivity contribution in [2.75, 3.05) is 0 Å². The summed E-state index contributed by atoms with van der Waals surface area (Å²) in [7, 11) is 0. The van der Waals surface area contributed by atoms with E-state index in [4.69, 9.17) is 4.98 Å². The zero-order valence-corrected chi connectivity index (χ0v) is 19.6. The van der Waals surface area contributed by atoms with Gasteiger partial charge in [-0.3, -0.25) is 14.3 Å². The predicted molar refractivity (Wildman–Crippen MR) is 134 cm³/mol. The summed E-state index contributed by atoms with van der Waals surface area (Å²) in [6, 6.07) is 23.4. The van der Waals surface area contributed by atoms with E-state index in [1.807, 2.05) is 59.2 Å². The minimum absolute atomic E-state index is 0.137. The summed E-state index contributed by atoms with van der Waals surface area (Å²) in [5, 5.41) is 3.72. The van der Waals surface area contributed by atoms with E-state index in [0.29, 0.717) is 24.4 Å². The van der Waals surface area contributed by atoms with Crippen LogP contribution in [0.3, 0.4) is 0 Å². The molecule has 5 rings (SSSR count). The number of amides is 1. The van der Waals surface area contributed by atoms with Gasteiger partial charge in [0.2, 0.25) is 0 Å². The quantitative estimate of drug-likeness (QED) is 0.306. The molecule has 35 heavy (non-hydrogen) atoms. The van der Waals surface area contributed by atoms with Gasteiger partial charge >= 0.3 is 0 Å². The fraction of sp³-hybridized carbons (Fsp3) is 0.111. The second-order valence-corrected chi connectivity index (χ2v) is 8.88. The van der Waals surface area contributed by atoms with E-state index < -0.39 is 0 Å². The maximum Gasteiger partial charge on any atom is 0.251 e. The summed E-state index contributed by atoms with van der Waals surface area (Å²) in [5.41, 5.74) is 5.06. The van der Waals surface area contributed by atoms with Crippen LogP contribution < -0.4 is 5.32 Å². The number of pyridine rings is 2. The highest BCUT2D eigenvalue weighted by Gasteiger charge is 2.13. The van der Waals surface area contributed by atoms with Crippen LogP contribution in [-0.4, -0.2) is 25.4 Å². The van der Waals surface area contributed by atoms with Crippen molar-refractivity contribution in [3.8, 4) is 0 Å². The van der Waals surface area contributed by atoms with Gasteiger partial charge in [0.1, 0.15) is 11.3 Å². The van der Waals surface area contributed by atoms with Gasteiger partial charge in [-0.15, -0.1) is 0 Å². The largest absolute Gasteiger partial charge is 0.346 e. The number of hydrogen-bond donors (Lipinski definition) is 1. The maximum atomic E-state index is 13.3. The lowest BCUT2D eigenvalue weighted by atomic mass is 10.1. The number of carbonyl (C=O) groups is 1. The molecule has 2 aromatic carbocycles. The van der Waals surface area contributed by atoms with Gasteiger partial charge in [-0.25, -0.2) is 14.4 Å². The molecule has 0 saturated heterocycles. The molecule has 0 bridgehead atoms. The highest BCUT2D eigenvalue weighted by Crippen LogP contribution is 2.27. The molecule has 6 nitrogen and oxygen atoms in total. The van der Waals surface area contributed by atoms with Gasteiger partial charge in [0.15, 0.2) is 10.8 Å². The van der Waals surface area contributed by atoms with Crippen LogP contribution >= 0.6 is 11.8 Å². The summed E-state index contributed by atoms with van der Waals surface area (Å²) in [4.78, 5) is 25.9. The Kier molecular flexibility index (Phi) is 6.81. The smallest absolute Gasteiger partial charge is 0.251 e. The lowest BCUT2D eigenvalue weighted by molar-refractivity contribution is 0.0950. The van der Waals surface area contributed by atoms with E-state index in [9.17, 15) is 9.18 Å². The van der Waals surface area contributed by atoms with Crippen LogP contribution in [0, 0.1) is 5.82 Å². The molecule has 3 aromatic heterocycles. The number of nitrogens with one attached hydrogen (secondary N) is 1. The third kappa shape index (κ3) is 5.55. The molecular weight excluding hydrogens is 461 g/mol. The van der Waals surface area contributed by atoms with Gasteiger partial charge in [0.25, 0.3) is 5.91 Å². The van der Waals surface area contributed by atoms with E-state index in [0.717, 1.165) is 33.1 Å². The van der Waals surface area contributed by atoms with E-state index in [-0.39, 0.29) is 11.7 Å². The molecule has 3 heterocycles. The number of fused-ring (bicyclic) bond motifs is 1. The molecule has 0 saturated carbocycles. The number of halogens is 1. The summed E-state index contributed by atoms with van der Waals surface area (Å²) < 4.78 is 15.4. The first-order valence-corrected chi connectivity index (χ1v) is 12.1. The van der Waals surface area contributed by atoms with Gasteiger partial charge in [-0.1, -0.05) is 42.1 Å². The van der Waals surface area contributed by atoms with E-state index >= 15 is 0 Å². The predicted octanol–water partition coefficient (Wildman–Crippen LogP) is 5.24. The molecule has 0 atom stereocenters. The minimum Gasteiger partial charge on any atom is -0.346 e. The van der Waals surface area contributed by atoms with Gasteiger partial charge in [-0.2, -0.15) is 0 Å². The van der Waals surface area contributed by atoms with Crippen molar-refractivity contribution in [1.29, 1.82) is 0 Å². The van der Waals surface area contributed by atoms with E-state index in [1.54, 1.807) is 36.3 Å². The topological polar surface area (TPSA) is 72.7 Å². The lowest BCUT2D eigenvalue weighted by Crippen LogP contribution is -2.23. The lowest BCUT2D eigenvalue weighted by Gasteiger charge is -2.09. The Bertz CT molecular complexity index is 1440. The molecule has 0 radical (unpaired) electrons. The Morgan fingerprint density at radius 1 is 0.886 bits per heavy atom. The van der Waals surface area contributed by atoms with Crippen LogP contribution in [0.5, 0.6) is 0 Å². The van der Waals surface area contributed by atoms with Crippen molar-refractivity contribution < 1.29 is 9.18 Å². The molecule has 0 unspecified atom stereocenters. The van der Waals surface area contributed by atoms with Crippen molar-refractivity contribution in [2.45, 2.75) is 24.0 Å². The summed E-state index contributed by atoms with van der Waals surface area (Å²) >= 11 is 1.60. The third-order valence-corrected chi connectivity index (χ3v) is 6.51. The number of imidazole rings is 1. The van der Waals surface area contributed by atoms with Gasteiger partial charge in [0, 0.05) is 23.7 Å². The van der Waals surface area contributed by atoms with Gasteiger partial charge in [-0.05, 0) is 59.7 Å². The number of nitrogens with zero attached hydrogens (tertiary/aromatic N) is 4. The van der Waals surface area contributed by atoms with Gasteiger partial charge < -0.3 is 5.32 Å². The fourth-order valence-electron chi connectivity index (χ4n) is 3.64. The maximum absolute atomic E-state index is 13.3. The monoisotopic (exact) mass is 483 g/mol. The standard InChI is InChI=1S/C27H22FN5OS/c28-22-12-8-19(9-13-22)17-33-25-24(5-3-15-30-25)32-27(33)35-18-20-6-10-21(11-7-20)26(34)31-16-23-4-1-2-14-29-23/h1-15H,16-18H2,(H,31,34). The molecule has 0 aliphatic rings. The zero-order chi connectivity index (χ0) is 24.0. The van der Waals surface area contributed by atoms with Crippen molar-refractivity contribution in [3.63, 3.8) is 0 Å². The van der Waals surface area contributed by atoms with Crippen molar-refractivity contribution in [2.24, 2.45) is 0 Å². The number of carbonyl (C=O) groups excluding carboxylic acids is 1. The molecule has 0 spiro atoms. The highest BCUT2D eigenvalue weighted by molar-refractivity contribution is 7.98. The molecule has 174 valence electrons.